The SMILES string of the molecule is Cc1c(N2CCC(C3(N)CC3)C2)ncc2c(=O)[nH]c(=O)n(C3CC3)c12. The number of hydrogen-bond acceptors (Lipinski definition) is 5. The summed E-state index contributed by atoms with van der Waals surface area (Å²) < 4.78 is 1.76. The van der Waals surface area contributed by atoms with E-state index in [4.69, 9.17) is 5.73 Å². The molecule has 3 heterocycles. The number of H-pyrrole nitrogens is 1. The Hall–Kier alpha value is -2.15. The summed E-state index contributed by atoms with van der Waals surface area (Å²) in [5, 5.41) is 0.501. The fraction of sp³-hybridized carbons (Fsp3) is 0.611. The molecule has 5 rings (SSSR count). The molecule has 0 bridgehead atoms. The lowest BCUT2D eigenvalue weighted by molar-refractivity contribution is 0.442. The van der Waals surface area contributed by atoms with Crippen LogP contribution in [-0.2, 0) is 0 Å². The van der Waals surface area contributed by atoms with Crippen LogP contribution in [-0.4, -0.2) is 33.2 Å². The zero-order valence-electron chi connectivity index (χ0n) is 14.4. The van der Waals surface area contributed by atoms with Crippen LogP contribution in [0, 0.1) is 12.8 Å². The summed E-state index contributed by atoms with van der Waals surface area (Å²) in [5.74, 6) is 1.40. The van der Waals surface area contributed by atoms with Gasteiger partial charge in [0.2, 0.25) is 0 Å². The Morgan fingerprint density at radius 2 is 2.04 bits per heavy atom. The quantitative estimate of drug-likeness (QED) is 0.870. The van der Waals surface area contributed by atoms with Gasteiger partial charge in [0, 0.05) is 36.4 Å². The molecule has 0 spiro atoms. The number of aromatic nitrogens is 3. The highest BCUT2D eigenvalue weighted by atomic mass is 16.2. The number of nitrogens with one attached hydrogen (secondary N) is 1. The van der Waals surface area contributed by atoms with Gasteiger partial charge in [0.1, 0.15) is 5.82 Å². The molecule has 2 aromatic rings. The molecule has 3 fully saturated rings. The van der Waals surface area contributed by atoms with E-state index in [1.54, 1.807) is 10.8 Å². The number of aromatic amines is 1. The van der Waals surface area contributed by atoms with Gasteiger partial charge in [-0.3, -0.25) is 14.3 Å². The maximum Gasteiger partial charge on any atom is 0.329 e. The Bertz CT molecular complexity index is 983. The molecule has 2 aliphatic carbocycles. The van der Waals surface area contributed by atoms with Gasteiger partial charge in [0.05, 0.1) is 10.9 Å². The van der Waals surface area contributed by atoms with E-state index < -0.39 is 0 Å². The van der Waals surface area contributed by atoms with Crippen molar-refractivity contribution in [3.05, 3.63) is 32.6 Å². The van der Waals surface area contributed by atoms with E-state index in [0.29, 0.717) is 11.3 Å². The molecule has 2 saturated carbocycles. The van der Waals surface area contributed by atoms with Gasteiger partial charge in [-0.05, 0) is 44.9 Å². The number of nitrogens with two attached hydrogens (primary N) is 1. The summed E-state index contributed by atoms with van der Waals surface area (Å²) in [6, 6.07) is 0.200. The maximum atomic E-state index is 12.4. The molecule has 2 aromatic heterocycles. The smallest absolute Gasteiger partial charge is 0.329 e. The number of nitrogens with zero attached hydrogens (tertiary/aromatic N) is 3. The molecule has 3 N–H and O–H groups in total. The van der Waals surface area contributed by atoms with E-state index in [1.807, 2.05) is 6.92 Å². The van der Waals surface area contributed by atoms with Gasteiger partial charge < -0.3 is 10.6 Å². The van der Waals surface area contributed by atoms with Crippen molar-refractivity contribution in [2.45, 2.75) is 50.6 Å². The Labute approximate surface area is 144 Å². The van der Waals surface area contributed by atoms with E-state index in [9.17, 15) is 9.59 Å². The topological polar surface area (TPSA) is 97.0 Å². The van der Waals surface area contributed by atoms with Gasteiger partial charge in [-0.1, -0.05) is 0 Å². The van der Waals surface area contributed by atoms with Gasteiger partial charge in [-0.25, -0.2) is 9.78 Å². The van der Waals surface area contributed by atoms with Gasteiger partial charge in [0.15, 0.2) is 0 Å². The Balaban J connectivity index is 1.63. The van der Waals surface area contributed by atoms with Crippen molar-refractivity contribution < 1.29 is 0 Å². The summed E-state index contributed by atoms with van der Waals surface area (Å²) in [4.78, 5) is 33.9. The average molecular weight is 341 g/mol. The number of rotatable bonds is 3. The predicted octanol–water partition coefficient (Wildman–Crippen LogP) is 1.05. The second-order valence-electron chi connectivity index (χ2n) is 7.99. The molecule has 132 valence electrons. The van der Waals surface area contributed by atoms with Crippen LogP contribution in [0.1, 0.15) is 43.7 Å². The Kier molecular flexibility index (Phi) is 2.99. The van der Waals surface area contributed by atoms with E-state index in [-0.39, 0.29) is 22.8 Å². The highest BCUT2D eigenvalue weighted by molar-refractivity contribution is 5.84. The lowest BCUT2D eigenvalue weighted by atomic mass is 9.98. The number of fused-ring (bicyclic) bond motifs is 1. The van der Waals surface area contributed by atoms with Gasteiger partial charge in [-0.15, -0.1) is 0 Å². The molecule has 7 nitrogen and oxygen atoms in total. The van der Waals surface area contributed by atoms with Crippen LogP contribution >= 0.6 is 0 Å². The van der Waals surface area contributed by atoms with Crippen LogP contribution in [0.3, 0.4) is 0 Å². The minimum Gasteiger partial charge on any atom is -0.356 e. The van der Waals surface area contributed by atoms with Crippen LogP contribution in [0.2, 0.25) is 0 Å². The van der Waals surface area contributed by atoms with Crippen LogP contribution in [0.4, 0.5) is 5.82 Å². The van der Waals surface area contributed by atoms with Crippen LogP contribution in [0.15, 0.2) is 15.8 Å². The van der Waals surface area contributed by atoms with Crippen LogP contribution in [0.25, 0.3) is 10.9 Å². The van der Waals surface area contributed by atoms with Gasteiger partial charge >= 0.3 is 5.69 Å². The summed E-state index contributed by atoms with van der Waals surface area (Å²) in [6.45, 7) is 3.82. The second-order valence-corrected chi connectivity index (χ2v) is 7.99. The molecule has 0 aromatic carbocycles. The maximum absolute atomic E-state index is 12.4. The Morgan fingerprint density at radius 1 is 1.28 bits per heavy atom. The fourth-order valence-corrected chi connectivity index (χ4v) is 4.37. The van der Waals surface area contributed by atoms with Crippen molar-refractivity contribution in [1.29, 1.82) is 0 Å². The molecule has 7 heteroatoms. The van der Waals surface area contributed by atoms with Crippen molar-refractivity contribution in [1.82, 2.24) is 14.5 Å². The zero-order valence-corrected chi connectivity index (χ0v) is 14.4. The largest absolute Gasteiger partial charge is 0.356 e. The van der Waals surface area contributed by atoms with E-state index >= 15 is 0 Å². The first-order valence-electron chi connectivity index (χ1n) is 9.16. The lowest BCUT2D eigenvalue weighted by Gasteiger charge is -2.23. The highest BCUT2D eigenvalue weighted by Gasteiger charge is 2.48. The van der Waals surface area contributed by atoms with Crippen molar-refractivity contribution in [3.63, 3.8) is 0 Å². The third-order valence-electron chi connectivity index (χ3n) is 6.23. The Morgan fingerprint density at radius 3 is 2.72 bits per heavy atom. The van der Waals surface area contributed by atoms with Crippen molar-refractivity contribution in [3.8, 4) is 0 Å². The van der Waals surface area contributed by atoms with Crippen LogP contribution < -0.4 is 21.9 Å². The normalized spacial score (nSPS) is 24.9. The number of pyridine rings is 1. The number of hydrogen-bond donors (Lipinski definition) is 2. The minimum atomic E-state index is -0.350. The van der Waals surface area contributed by atoms with Gasteiger partial charge in [0.25, 0.3) is 5.56 Å². The molecule has 1 atom stereocenters. The van der Waals surface area contributed by atoms with E-state index in [2.05, 4.69) is 14.9 Å². The first-order chi connectivity index (χ1) is 12.0. The monoisotopic (exact) mass is 341 g/mol. The van der Waals surface area contributed by atoms with Crippen molar-refractivity contribution >= 4 is 16.7 Å². The molecule has 0 amide bonds. The van der Waals surface area contributed by atoms with E-state index in [1.165, 1.54) is 0 Å². The first kappa shape index (κ1) is 15.1. The third-order valence-corrected chi connectivity index (χ3v) is 6.23. The molecule has 1 saturated heterocycles. The molecule has 25 heavy (non-hydrogen) atoms. The van der Waals surface area contributed by atoms with Crippen LogP contribution in [0.5, 0.6) is 0 Å². The fourth-order valence-electron chi connectivity index (χ4n) is 4.37. The first-order valence-corrected chi connectivity index (χ1v) is 9.16. The lowest BCUT2D eigenvalue weighted by Crippen LogP contribution is -2.35. The van der Waals surface area contributed by atoms with E-state index in [0.717, 1.165) is 62.1 Å². The molecule has 1 aliphatic heterocycles. The molecular weight excluding hydrogens is 318 g/mol. The minimum absolute atomic E-state index is 0.0206. The highest BCUT2D eigenvalue weighted by Crippen LogP contribution is 2.45. The number of aryl methyl sites for hydroxylation is 1. The predicted molar refractivity (Wildman–Crippen MR) is 96.1 cm³/mol. The number of anilines is 1. The second kappa shape index (κ2) is 4.94. The summed E-state index contributed by atoms with van der Waals surface area (Å²) >= 11 is 0. The third kappa shape index (κ3) is 2.25. The zero-order chi connectivity index (χ0) is 17.3. The summed E-state index contributed by atoms with van der Waals surface area (Å²) in [5.41, 5.74) is 7.43. The van der Waals surface area contributed by atoms with Crippen molar-refractivity contribution in [2.24, 2.45) is 11.7 Å². The average Bonchev–Trinajstić information content (AvgIpc) is 3.49. The molecule has 0 radical (unpaired) electrons. The molecule has 3 aliphatic rings. The van der Waals surface area contributed by atoms with Gasteiger partial charge in [-0.2, -0.15) is 0 Å². The molecular formula is C18H23N5O2. The standard InChI is InChI=1S/C18H23N5O2/c1-10-14-13(16(24)21-17(25)23(14)12-2-3-12)8-20-15(10)22-7-4-11(9-22)18(19)5-6-18/h8,11-12H,2-7,9,19H2,1H3,(H,21,24,25). The summed E-state index contributed by atoms with van der Waals surface area (Å²) in [7, 11) is 0. The molecule has 1 unspecified atom stereocenters. The van der Waals surface area contributed by atoms with Crippen molar-refractivity contribution in [2.75, 3.05) is 18.0 Å². The summed E-state index contributed by atoms with van der Waals surface area (Å²) in [6.07, 6.45) is 6.91.